The van der Waals surface area contributed by atoms with Crippen molar-refractivity contribution in [1.82, 2.24) is 0 Å². The lowest BCUT2D eigenvalue weighted by molar-refractivity contribution is -0.351. The molecular weight excluding hydrogens is 1130 g/mol. The molecule has 12 unspecified atom stereocenters. The Morgan fingerprint density at radius 1 is 0.812 bits per heavy atom. The van der Waals surface area contributed by atoms with Crippen LogP contribution in [0.4, 0.5) is 0 Å². The Labute approximate surface area is 505 Å². The number of hydrogen-bond donors (Lipinski definition) is 7. The smallest absolute Gasteiger partial charge is 0.308 e. The lowest BCUT2D eigenvalue weighted by Gasteiger charge is -2.52. The highest BCUT2D eigenvalue weighted by Crippen LogP contribution is 2.48. The third-order valence-corrected chi connectivity index (χ3v) is 18.4. The molecule has 0 radical (unpaired) electrons. The van der Waals surface area contributed by atoms with Gasteiger partial charge >= 0.3 is 17.9 Å². The first-order valence-corrected chi connectivity index (χ1v) is 30.7. The molecule has 24 atom stereocenters. The van der Waals surface area contributed by atoms with Gasteiger partial charge in [0.15, 0.2) is 17.4 Å². The monoisotopic (exact) mass is 1220 g/mol. The van der Waals surface area contributed by atoms with E-state index in [1.807, 2.05) is 12.2 Å². The van der Waals surface area contributed by atoms with Crippen LogP contribution < -0.4 is 0 Å². The van der Waals surface area contributed by atoms with Gasteiger partial charge in [0.2, 0.25) is 0 Å². The van der Waals surface area contributed by atoms with E-state index in [1.54, 1.807) is 41.7 Å². The Morgan fingerprint density at radius 2 is 1.47 bits per heavy atom. The van der Waals surface area contributed by atoms with Gasteiger partial charge in [0, 0.05) is 108 Å². The number of aliphatic hydroxyl groups is 7. The van der Waals surface area contributed by atoms with Crippen LogP contribution in [0.5, 0.6) is 0 Å². The van der Waals surface area contributed by atoms with E-state index in [0.717, 1.165) is 0 Å². The molecule has 7 rings (SSSR count). The van der Waals surface area contributed by atoms with E-state index in [0.29, 0.717) is 43.3 Å². The van der Waals surface area contributed by atoms with Crippen molar-refractivity contribution >= 4 is 35.3 Å². The molecule has 0 aliphatic carbocycles. The van der Waals surface area contributed by atoms with Crippen LogP contribution in [0.25, 0.3) is 0 Å². The lowest BCUT2D eigenvalue weighted by atomic mass is 9.78. The number of methoxy groups -OCH3 is 1. The highest BCUT2D eigenvalue weighted by molar-refractivity contribution is 6.30. The van der Waals surface area contributed by atoms with Crippen LogP contribution in [0.2, 0.25) is 0 Å². The number of Topliss-reactive ketones (excluding diaryl/α,β-unsaturated/α-hetero) is 1. The van der Waals surface area contributed by atoms with E-state index < -0.39 is 169 Å². The minimum absolute atomic E-state index is 0.00321. The fraction of sp³-hybridized carbons (Fsp3) is 0.778. The van der Waals surface area contributed by atoms with Gasteiger partial charge in [0.1, 0.15) is 36.3 Å². The van der Waals surface area contributed by atoms with E-state index in [-0.39, 0.29) is 81.1 Å². The van der Waals surface area contributed by atoms with Crippen molar-refractivity contribution in [1.29, 1.82) is 0 Å². The van der Waals surface area contributed by atoms with Gasteiger partial charge in [-0.25, -0.2) is 0 Å². The molecule has 21 nitrogen and oxygen atoms in total. The van der Waals surface area contributed by atoms with Crippen molar-refractivity contribution in [2.45, 2.75) is 278 Å². The molecule has 0 aromatic carbocycles. The molecule has 6 saturated heterocycles. The second kappa shape index (κ2) is 29.0. The number of esters is 3. The topological polar surface area (TPSA) is 302 Å². The van der Waals surface area contributed by atoms with Crippen LogP contribution in [0, 0.1) is 23.7 Å². The van der Waals surface area contributed by atoms with Crippen molar-refractivity contribution in [2.75, 3.05) is 7.11 Å². The minimum Gasteiger partial charge on any atom is -0.462 e. The number of ketones is 1. The molecule has 7 aliphatic heterocycles. The first-order valence-electron chi connectivity index (χ1n) is 30.3. The average molecular weight is 1220 g/mol. The maximum absolute atomic E-state index is 14.5. The van der Waals surface area contributed by atoms with Gasteiger partial charge in [-0.1, -0.05) is 88.4 Å². The summed E-state index contributed by atoms with van der Waals surface area (Å²) in [7, 11) is 1.57. The molecule has 2 spiro atoms. The normalized spacial score (nSPS) is 44.5. The van der Waals surface area contributed by atoms with Crippen LogP contribution in [0.3, 0.4) is 0 Å². The van der Waals surface area contributed by atoms with Gasteiger partial charge in [-0.2, -0.15) is 0 Å². The molecule has 0 amide bonds. The summed E-state index contributed by atoms with van der Waals surface area (Å²) in [6.45, 7) is 23.1. The van der Waals surface area contributed by atoms with Crippen molar-refractivity contribution in [3.63, 3.8) is 0 Å². The molecule has 0 aromatic heterocycles. The predicted octanol–water partition coefficient (Wildman–Crippen LogP) is 5.91. The summed E-state index contributed by atoms with van der Waals surface area (Å²) >= 11 is 5.89. The Kier molecular flexibility index (Phi) is 23.5. The largest absolute Gasteiger partial charge is 0.462 e. The van der Waals surface area contributed by atoms with Gasteiger partial charge in [-0.3, -0.25) is 19.2 Å². The molecule has 480 valence electrons. The molecule has 6 fully saturated rings. The number of ether oxygens (including phenoxy) is 10. The Hall–Kier alpha value is -3.49. The van der Waals surface area contributed by atoms with E-state index >= 15 is 0 Å². The fourth-order valence-electron chi connectivity index (χ4n) is 14.1. The number of rotatable bonds is 9. The van der Waals surface area contributed by atoms with Crippen LogP contribution >= 0.6 is 11.6 Å². The highest BCUT2D eigenvalue weighted by atomic mass is 35.5. The Morgan fingerprint density at radius 3 is 2.15 bits per heavy atom. The number of fused-ring (bicyclic) bond motifs is 8. The van der Waals surface area contributed by atoms with E-state index in [2.05, 4.69) is 19.7 Å². The van der Waals surface area contributed by atoms with Gasteiger partial charge in [0.05, 0.1) is 85.1 Å². The summed E-state index contributed by atoms with van der Waals surface area (Å²) in [4.78, 5) is 54.3. The second-order valence-electron chi connectivity index (χ2n) is 25.9. The molecule has 10 bridgehead atoms. The first kappa shape index (κ1) is 69.0. The first-order chi connectivity index (χ1) is 39.8. The summed E-state index contributed by atoms with van der Waals surface area (Å²) in [6.07, 6.45) is -8.69. The maximum atomic E-state index is 14.5. The molecular formula is C63H95ClO21. The fourth-order valence-corrected chi connectivity index (χ4v) is 14.2. The van der Waals surface area contributed by atoms with Crippen molar-refractivity contribution in [3.8, 4) is 0 Å². The van der Waals surface area contributed by atoms with E-state index in [9.17, 15) is 54.9 Å². The molecule has 0 saturated carbocycles. The minimum atomic E-state index is -2.40. The molecule has 7 aliphatic rings. The van der Waals surface area contributed by atoms with Gasteiger partial charge < -0.3 is 83.1 Å². The van der Waals surface area contributed by atoms with Crippen molar-refractivity contribution in [3.05, 3.63) is 60.2 Å². The molecule has 22 heteroatoms. The predicted molar refractivity (Wildman–Crippen MR) is 308 cm³/mol. The summed E-state index contributed by atoms with van der Waals surface area (Å²) in [6, 6.07) is 0. The van der Waals surface area contributed by atoms with Gasteiger partial charge in [-0.05, 0) is 51.5 Å². The standard InChI is InChI=1S/C63H95ClO21/c1-33(19-42(67)18-17-35(3)64)20-53-55(72)57-39(7)58(79-53)59(73)63(75)31-51(70)37(5)52(85-63)16-14-12-13-15-44-22-43(68)27-61(81-44)29-47(76-11)23-45(82-61)25-50(69)38(6)56(78-41(9)66)36(4)34(2)21-49-28-60(10,74)32-62(84-49)30-48(77-40(8)65)24-46(83-62)26-54(71)80-57/h13,15,17-18,36-39,42-49,51-53,55-59,67-68,70,72-75H,1-3,12,14,16,19-32H2,4-11H3/b15-13-,18-17+/t36?,37-,38?,39?,42?,43+,44?,45+,46?,47+,48+,49+,51?,52-,53-,55?,56?,57-,58?,59?,60+,61-,62-,63?/m1/s1. The number of halogens is 1. The van der Waals surface area contributed by atoms with Crippen LogP contribution in [0.15, 0.2) is 60.2 Å². The van der Waals surface area contributed by atoms with Crippen LogP contribution in [-0.2, 0) is 66.5 Å². The Bertz CT molecular complexity index is 2430. The highest BCUT2D eigenvalue weighted by Gasteiger charge is 2.58. The number of aliphatic hydroxyl groups excluding tert-OH is 5. The average Bonchev–Trinajstić information content (AvgIpc) is 1.35. The zero-order valence-corrected chi connectivity index (χ0v) is 51.5. The molecule has 7 N–H and O–H groups in total. The summed E-state index contributed by atoms with van der Waals surface area (Å²) in [5, 5.41) is 82.6. The Balaban J connectivity index is 1.22. The number of allylic oxidation sites excluding steroid dienone is 3. The number of carbonyl (C=O) groups excluding carboxylic acids is 4. The van der Waals surface area contributed by atoms with E-state index in [4.69, 9.17) is 59.0 Å². The maximum Gasteiger partial charge on any atom is 0.308 e. The quantitative estimate of drug-likeness (QED) is 0.0611. The number of carbonyl (C=O) groups is 4. The zero-order valence-electron chi connectivity index (χ0n) is 50.7. The third-order valence-electron chi connectivity index (χ3n) is 18.3. The van der Waals surface area contributed by atoms with Crippen molar-refractivity contribution in [2.24, 2.45) is 23.7 Å². The third kappa shape index (κ3) is 18.1. The van der Waals surface area contributed by atoms with Crippen LogP contribution in [-0.4, -0.2) is 187 Å². The van der Waals surface area contributed by atoms with Gasteiger partial charge in [0.25, 0.3) is 0 Å². The molecule has 0 aromatic rings. The summed E-state index contributed by atoms with van der Waals surface area (Å²) in [5.41, 5.74) is -0.508. The van der Waals surface area contributed by atoms with Gasteiger partial charge in [-0.15, -0.1) is 0 Å². The summed E-state index contributed by atoms with van der Waals surface area (Å²) < 4.78 is 63.4. The van der Waals surface area contributed by atoms with E-state index in [1.165, 1.54) is 26.0 Å². The molecule has 85 heavy (non-hydrogen) atoms. The van der Waals surface area contributed by atoms with Crippen molar-refractivity contribution < 1.29 is 102 Å². The molecule has 7 heterocycles. The SMILES string of the molecule is C=C(Cl)/C=C/C(O)CC(=C)C[C@H]1OC2C(C)[C@@H](OC(=O)CC3C[C@H](OC(C)=O)C[C@@]4(C[C@@](C)(O)C[C@H](CC(=C)C(C)C(OC(C)=O)C(C)C(=O)C[C@@H]5C[C@H](OC)C[C@@]6(C[C@@H](O)CC(/C=C\CCC[C@H]7OC(O)(CC(O)[C@H]7C)C2O)O6)O5)O4)O3)C1O. The lowest BCUT2D eigenvalue weighted by Crippen LogP contribution is -2.65. The summed E-state index contributed by atoms with van der Waals surface area (Å²) in [5.74, 6) is -10.7. The second-order valence-corrected chi connectivity index (χ2v) is 26.4. The number of hydrogen-bond acceptors (Lipinski definition) is 21. The van der Waals surface area contributed by atoms with Crippen LogP contribution in [0.1, 0.15) is 158 Å². The zero-order chi connectivity index (χ0) is 62.5.